The van der Waals surface area contributed by atoms with E-state index in [-0.39, 0.29) is 0 Å². The molecule has 12 heavy (non-hydrogen) atoms. The molecule has 1 rings (SSSR count). The number of rotatable bonds is 5. The topological polar surface area (TPSA) is 26.0 Å². The van der Waals surface area contributed by atoms with E-state index in [0.29, 0.717) is 4.80 Å². The fourth-order valence-corrected chi connectivity index (χ4v) is 1.45. The van der Waals surface area contributed by atoms with E-state index in [1.807, 2.05) is 0 Å². The Morgan fingerprint density at radius 2 is 2.25 bits per heavy atom. The lowest BCUT2D eigenvalue weighted by Crippen LogP contribution is -1.85. The predicted molar refractivity (Wildman–Crippen MR) is 52.0 cm³/mol. The summed E-state index contributed by atoms with van der Waals surface area (Å²) in [6.07, 6.45) is 7.86. The summed E-state index contributed by atoms with van der Waals surface area (Å²) in [4.78, 5) is 4.75. The largest absolute Gasteiger partial charge is 0.439 e. The zero-order valence-electron chi connectivity index (χ0n) is 7.35. The van der Waals surface area contributed by atoms with Gasteiger partial charge in [-0.05, 0) is 12.8 Å². The van der Waals surface area contributed by atoms with Crippen LogP contribution in [0.15, 0.2) is 15.5 Å². The molecule has 0 fully saturated rings. The van der Waals surface area contributed by atoms with E-state index >= 15 is 0 Å². The van der Waals surface area contributed by atoms with Crippen molar-refractivity contribution in [3.8, 4) is 0 Å². The molecule has 0 unspecified atom stereocenters. The van der Waals surface area contributed by atoms with E-state index in [4.69, 9.17) is 4.42 Å². The molecule has 1 heterocycles. The number of halogens is 1. The highest BCUT2D eigenvalue weighted by Crippen LogP contribution is 2.11. The Kier molecular flexibility index (Phi) is 4.36. The lowest BCUT2D eigenvalue weighted by molar-refractivity contribution is 0.527. The van der Waals surface area contributed by atoms with E-state index in [2.05, 4.69) is 27.8 Å². The van der Waals surface area contributed by atoms with Crippen molar-refractivity contribution in [1.29, 1.82) is 0 Å². The SMILES string of the molecule is CCCCCCc1coc(Br)n1. The van der Waals surface area contributed by atoms with Gasteiger partial charge in [-0.2, -0.15) is 0 Å². The molecular weight excluding hydrogens is 218 g/mol. The Balaban J connectivity index is 2.15. The van der Waals surface area contributed by atoms with Gasteiger partial charge in [-0.3, -0.25) is 0 Å². The molecule has 0 aliphatic rings. The van der Waals surface area contributed by atoms with Crippen LogP contribution in [0, 0.1) is 0 Å². The van der Waals surface area contributed by atoms with E-state index in [0.717, 1.165) is 12.1 Å². The summed E-state index contributed by atoms with van der Waals surface area (Å²) < 4.78 is 5.03. The smallest absolute Gasteiger partial charge is 0.264 e. The first-order valence-electron chi connectivity index (χ1n) is 4.43. The highest BCUT2D eigenvalue weighted by Gasteiger charge is 1.99. The van der Waals surface area contributed by atoms with Crippen LogP contribution >= 0.6 is 15.9 Å². The summed E-state index contributed by atoms with van der Waals surface area (Å²) in [7, 11) is 0. The van der Waals surface area contributed by atoms with Gasteiger partial charge in [-0.1, -0.05) is 26.2 Å². The molecule has 0 aliphatic carbocycles. The van der Waals surface area contributed by atoms with Crippen molar-refractivity contribution in [3.05, 3.63) is 16.8 Å². The van der Waals surface area contributed by atoms with Crippen LogP contribution in [0.25, 0.3) is 0 Å². The molecule has 1 aromatic heterocycles. The summed E-state index contributed by atoms with van der Waals surface area (Å²) in [5.74, 6) is 0. The molecule has 3 heteroatoms. The van der Waals surface area contributed by atoms with Crippen molar-refractivity contribution >= 4 is 15.9 Å². The minimum atomic E-state index is 0.591. The standard InChI is InChI=1S/C9H14BrNO/c1-2-3-4-5-6-8-7-12-9(10)11-8/h7H,2-6H2,1H3. The first kappa shape index (κ1) is 9.78. The number of hydrogen-bond acceptors (Lipinski definition) is 2. The van der Waals surface area contributed by atoms with Gasteiger partial charge in [-0.25, -0.2) is 4.98 Å². The molecule has 0 amide bonds. The summed E-state index contributed by atoms with van der Waals surface area (Å²) in [6.45, 7) is 2.21. The molecule has 0 N–H and O–H groups in total. The van der Waals surface area contributed by atoms with Crippen molar-refractivity contribution in [3.63, 3.8) is 0 Å². The number of oxazole rings is 1. The van der Waals surface area contributed by atoms with Crippen LogP contribution < -0.4 is 0 Å². The van der Waals surface area contributed by atoms with Gasteiger partial charge < -0.3 is 4.42 Å². The number of aryl methyl sites for hydroxylation is 1. The van der Waals surface area contributed by atoms with Crippen LogP contribution in [0.3, 0.4) is 0 Å². The summed E-state index contributed by atoms with van der Waals surface area (Å²) >= 11 is 3.18. The van der Waals surface area contributed by atoms with Crippen molar-refractivity contribution < 1.29 is 4.42 Å². The second-order valence-electron chi connectivity index (χ2n) is 2.90. The number of nitrogens with zero attached hydrogens (tertiary/aromatic N) is 1. The highest BCUT2D eigenvalue weighted by molar-refractivity contribution is 9.10. The molecule has 0 aliphatic heterocycles. The number of hydrogen-bond donors (Lipinski definition) is 0. The van der Waals surface area contributed by atoms with Gasteiger partial charge in [0.1, 0.15) is 6.26 Å². The van der Waals surface area contributed by atoms with Crippen LogP contribution in [0.4, 0.5) is 0 Å². The van der Waals surface area contributed by atoms with Crippen molar-refractivity contribution in [2.45, 2.75) is 39.0 Å². The van der Waals surface area contributed by atoms with Crippen LogP contribution in [-0.4, -0.2) is 4.98 Å². The monoisotopic (exact) mass is 231 g/mol. The second kappa shape index (κ2) is 5.36. The molecule has 68 valence electrons. The minimum absolute atomic E-state index is 0.591. The maximum Gasteiger partial charge on any atom is 0.264 e. The Bertz CT molecular complexity index is 222. The van der Waals surface area contributed by atoms with Crippen LogP contribution in [0.1, 0.15) is 38.3 Å². The molecule has 0 aromatic carbocycles. The fourth-order valence-electron chi connectivity index (χ4n) is 1.13. The molecule has 2 nitrogen and oxygen atoms in total. The van der Waals surface area contributed by atoms with E-state index < -0.39 is 0 Å². The number of aromatic nitrogens is 1. The fraction of sp³-hybridized carbons (Fsp3) is 0.667. The quantitative estimate of drug-likeness (QED) is 0.725. The molecule has 0 saturated heterocycles. The average Bonchev–Trinajstić information content (AvgIpc) is 2.45. The van der Waals surface area contributed by atoms with Crippen molar-refractivity contribution in [1.82, 2.24) is 4.98 Å². The summed E-state index contributed by atoms with van der Waals surface area (Å²) in [6, 6.07) is 0. The lowest BCUT2D eigenvalue weighted by atomic mass is 10.1. The zero-order chi connectivity index (χ0) is 8.81. The summed E-state index contributed by atoms with van der Waals surface area (Å²) in [5.41, 5.74) is 1.05. The molecule has 1 aromatic rings. The molecule has 0 spiro atoms. The highest BCUT2D eigenvalue weighted by atomic mass is 79.9. The number of unbranched alkanes of at least 4 members (excludes halogenated alkanes) is 3. The van der Waals surface area contributed by atoms with Gasteiger partial charge in [0.05, 0.1) is 5.69 Å². The van der Waals surface area contributed by atoms with Crippen molar-refractivity contribution in [2.24, 2.45) is 0 Å². The van der Waals surface area contributed by atoms with E-state index in [9.17, 15) is 0 Å². The van der Waals surface area contributed by atoms with Gasteiger partial charge in [0.25, 0.3) is 4.80 Å². The van der Waals surface area contributed by atoms with Crippen LogP contribution in [0.2, 0.25) is 0 Å². The average molecular weight is 232 g/mol. The van der Waals surface area contributed by atoms with E-state index in [1.54, 1.807) is 6.26 Å². The van der Waals surface area contributed by atoms with Crippen LogP contribution in [-0.2, 0) is 6.42 Å². The zero-order valence-corrected chi connectivity index (χ0v) is 8.93. The predicted octanol–water partition coefficient (Wildman–Crippen LogP) is 3.56. The Hall–Kier alpha value is -0.310. The Morgan fingerprint density at radius 1 is 1.42 bits per heavy atom. The first-order valence-corrected chi connectivity index (χ1v) is 5.22. The van der Waals surface area contributed by atoms with Gasteiger partial charge in [-0.15, -0.1) is 0 Å². The Labute approximate surface area is 81.5 Å². The third kappa shape index (κ3) is 3.39. The molecular formula is C9H14BrNO. The third-order valence-electron chi connectivity index (χ3n) is 1.81. The van der Waals surface area contributed by atoms with Gasteiger partial charge in [0.15, 0.2) is 0 Å². The molecule has 0 saturated carbocycles. The first-order chi connectivity index (χ1) is 5.83. The van der Waals surface area contributed by atoms with Gasteiger partial charge in [0.2, 0.25) is 0 Å². The molecule has 0 bridgehead atoms. The third-order valence-corrected chi connectivity index (χ3v) is 2.17. The van der Waals surface area contributed by atoms with Gasteiger partial charge in [0, 0.05) is 15.9 Å². The van der Waals surface area contributed by atoms with Gasteiger partial charge >= 0.3 is 0 Å². The summed E-state index contributed by atoms with van der Waals surface area (Å²) in [5, 5.41) is 0. The normalized spacial score (nSPS) is 10.5. The Morgan fingerprint density at radius 3 is 2.83 bits per heavy atom. The maximum absolute atomic E-state index is 5.03. The van der Waals surface area contributed by atoms with E-state index in [1.165, 1.54) is 25.7 Å². The van der Waals surface area contributed by atoms with Crippen LogP contribution in [0.5, 0.6) is 0 Å². The molecule has 0 atom stereocenters. The molecule has 0 radical (unpaired) electrons. The lowest BCUT2D eigenvalue weighted by Gasteiger charge is -1.94. The van der Waals surface area contributed by atoms with Crippen molar-refractivity contribution in [2.75, 3.05) is 0 Å². The maximum atomic E-state index is 5.03. The minimum Gasteiger partial charge on any atom is -0.439 e. The second-order valence-corrected chi connectivity index (χ2v) is 3.58.